The zero-order valence-electron chi connectivity index (χ0n) is 12.1. The van der Waals surface area contributed by atoms with Gasteiger partial charge in [-0.05, 0) is 29.8 Å². The Labute approximate surface area is 130 Å². The second-order valence-corrected chi connectivity index (χ2v) is 4.83. The third kappa shape index (κ3) is 4.32. The van der Waals surface area contributed by atoms with Gasteiger partial charge in [-0.2, -0.15) is 0 Å². The minimum atomic E-state index is -1.64. The van der Waals surface area contributed by atoms with Gasteiger partial charge in [0, 0.05) is 12.6 Å². The molecule has 0 aliphatic heterocycles. The van der Waals surface area contributed by atoms with Gasteiger partial charge in [0.05, 0.1) is 12.1 Å². The lowest BCUT2D eigenvalue weighted by Crippen LogP contribution is -2.16. The van der Waals surface area contributed by atoms with Gasteiger partial charge in [0.2, 0.25) is 11.8 Å². The molecular formula is C16H13F3N2O2. The van der Waals surface area contributed by atoms with Crippen molar-refractivity contribution < 1.29 is 22.8 Å². The first-order valence-corrected chi connectivity index (χ1v) is 6.66. The first-order chi connectivity index (χ1) is 10.9. The number of amides is 2. The Hall–Kier alpha value is -2.83. The Kier molecular flexibility index (Phi) is 5.00. The standard InChI is InChI=1S/C16H13F3N2O2/c1-9(22)20-11-4-2-10(3-5-11)8-14(23)21-13-7-6-12(17)15(18)16(13)19/h2-7H,8H2,1H3,(H,20,22)(H,21,23). The monoisotopic (exact) mass is 322 g/mol. The topological polar surface area (TPSA) is 58.2 Å². The summed E-state index contributed by atoms with van der Waals surface area (Å²) in [7, 11) is 0. The lowest BCUT2D eigenvalue weighted by atomic mass is 10.1. The van der Waals surface area contributed by atoms with Gasteiger partial charge in [-0.1, -0.05) is 12.1 Å². The molecule has 0 saturated heterocycles. The number of anilines is 2. The summed E-state index contributed by atoms with van der Waals surface area (Å²) < 4.78 is 39.4. The molecule has 0 aliphatic rings. The van der Waals surface area contributed by atoms with E-state index in [2.05, 4.69) is 10.6 Å². The molecule has 0 heterocycles. The van der Waals surface area contributed by atoms with Crippen LogP contribution in [0.2, 0.25) is 0 Å². The highest BCUT2D eigenvalue weighted by Crippen LogP contribution is 2.20. The third-order valence-corrected chi connectivity index (χ3v) is 2.95. The van der Waals surface area contributed by atoms with Crippen LogP contribution in [0.4, 0.5) is 24.5 Å². The number of hydrogen-bond donors (Lipinski definition) is 2. The van der Waals surface area contributed by atoms with Crippen molar-refractivity contribution in [1.82, 2.24) is 0 Å². The second kappa shape index (κ2) is 6.95. The number of rotatable bonds is 4. The molecule has 7 heteroatoms. The largest absolute Gasteiger partial charge is 0.326 e. The van der Waals surface area contributed by atoms with Crippen LogP contribution in [0.25, 0.3) is 0 Å². The van der Waals surface area contributed by atoms with Crippen LogP contribution in [0, 0.1) is 17.5 Å². The van der Waals surface area contributed by atoms with E-state index in [0.717, 1.165) is 12.1 Å². The second-order valence-electron chi connectivity index (χ2n) is 4.83. The van der Waals surface area contributed by atoms with Crippen LogP contribution < -0.4 is 10.6 Å². The summed E-state index contributed by atoms with van der Waals surface area (Å²) in [5, 5.41) is 4.76. The van der Waals surface area contributed by atoms with Gasteiger partial charge in [0.25, 0.3) is 0 Å². The van der Waals surface area contributed by atoms with E-state index >= 15 is 0 Å². The van der Waals surface area contributed by atoms with Crippen molar-refractivity contribution >= 4 is 23.2 Å². The summed E-state index contributed by atoms with van der Waals surface area (Å²) in [6.45, 7) is 1.37. The average Bonchev–Trinajstić information content (AvgIpc) is 2.49. The Balaban J connectivity index is 2.02. The van der Waals surface area contributed by atoms with Crippen molar-refractivity contribution in [3.05, 3.63) is 59.4 Å². The van der Waals surface area contributed by atoms with Crippen molar-refractivity contribution in [2.45, 2.75) is 13.3 Å². The van der Waals surface area contributed by atoms with E-state index in [1.54, 1.807) is 24.3 Å². The summed E-state index contributed by atoms with van der Waals surface area (Å²) in [5.41, 5.74) is 0.761. The van der Waals surface area contributed by atoms with Crippen LogP contribution in [0.3, 0.4) is 0 Å². The summed E-state index contributed by atoms with van der Waals surface area (Å²) >= 11 is 0. The quantitative estimate of drug-likeness (QED) is 0.849. The van der Waals surface area contributed by atoms with E-state index in [9.17, 15) is 22.8 Å². The highest BCUT2D eigenvalue weighted by atomic mass is 19.2. The number of carbonyl (C=O) groups is 2. The Morgan fingerprint density at radius 1 is 0.913 bits per heavy atom. The molecular weight excluding hydrogens is 309 g/mol. The van der Waals surface area contributed by atoms with E-state index < -0.39 is 29.0 Å². The fourth-order valence-corrected chi connectivity index (χ4v) is 1.91. The van der Waals surface area contributed by atoms with Crippen LogP contribution in [0.1, 0.15) is 12.5 Å². The molecule has 0 spiro atoms. The maximum absolute atomic E-state index is 13.5. The molecule has 2 N–H and O–H groups in total. The van der Waals surface area contributed by atoms with Crippen LogP contribution in [-0.4, -0.2) is 11.8 Å². The van der Waals surface area contributed by atoms with Crippen LogP contribution in [-0.2, 0) is 16.0 Å². The molecule has 0 aliphatic carbocycles. The van der Waals surface area contributed by atoms with Gasteiger partial charge in [-0.15, -0.1) is 0 Å². The number of benzene rings is 2. The van der Waals surface area contributed by atoms with Crippen molar-refractivity contribution in [1.29, 1.82) is 0 Å². The first kappa shape index (κ1) is 16.5. The molecule has 23 heavy (non-hydrogen) atoms. The van der Waals surface area contributed by atoms with Crippen molar-refractivity contribution in [3.63, 3.8) is 0 Å². The van der Waals surface area contributed by atoms with Crippen molar-refractivity contribution in [2.75, 3.05) is 10.6 Å². The van der Waals surface area contributed by atoms with Gasteiger partial charge in [-0.25, -0.2) is 13.2 Å². The molecule has 4 nitrogen and oxygen atoms in total. The lowest BCUT2D eigenvalue weighted by molar-refractivity contribution is -0.116. The normalized spacial score (nSPS) is 10.3. The minimum Gasteiger partial charge on any atom is -0.326 e. The number of halogens is 3. The summed E-state index contributed by atoms with van der Waals surface area (Å²) in [5.74, 6) is -5.21. The maximum atomic E-state index is 13.5. The predicted octanol–water partition coefficient (Wildman–Crippen LogP) is 3.24. The summed E-state index contributed by atoms with van der Waals surface area (Å²) in [6.07, 6.45) is -0.0845. The molecule has 0 radical (unpaired) electrons. The molecule has 0 aromatic heterocycles. The third-order valence-electron chi connectivity index (χ3n) is 2.95. The van der Waals surface area contributed by atoms with Crippen molar-refractivity contribution in [3.8, 4) is 0 Å². The molecule has 0 atom stereocenters. The van der Waals surface area contributed by atoms with Crippen LogP contribution in [0.15, 0.2) is 36.4 Å². The van der Waals surface area contributed by atoms with E-state index in [4.69, 9.17) is 0 Å². The molecule has 2 rings (SSSR count). The number of nitrogens with one attached hydrogen (secondary N) is 2. The summed E-state index contributed by atoms with van der Waals surface area (Å²) in [6, 6.07) is 8.14. The minimum absolute atomic E-state index is 0.0845. The zero-order valence-corrected chi connectivity index (χ0v) is 12.1. The zero-order chi connectivity index (χ0) is 17.0. The average molecular weight is 322 g/mol. The van der Waals surface area contributed by atoms with E-state index in [1.807, 2.05) is 0 Å². The van der Waals surface area contributed by atoms with Crippen molar-refractivity contribution in [2.24, 2.45) is 0 Å². The molecule has 0 fully saturated rings. The van der Waals surface area contributed by atoms with E-state index in [1.165, 1.54) is 6.92 Å². The molecule has 0 saturated carbocycles. The SMILES string of the molecule is CC(=O)Nc1ccc(CC(=O)Nc2ccc(F)c(F)c2F)cc1. The van der Waals surface area contributed by atoms with E-state index in [0.29, 0.717) is 11.3 Å². The number of carbonyl (C=O) groups excluding carboxylic acids is 2. The fourth-order valence-electron chi connectivity index (χ4n) is 1.91. The highest BCUT2D eigenvalue weighted by Gasteiger charge is 2.15. The molecule has 2 aromatic carbocycles. The molecule has 0 unspecified atom stereocenters. The molecule has 120 valence electrons. The number of hydrogen-bond acceptors (Lipinski definition) is 2. The fraction of sp³-hybridized carbons (Fsp3) is 0.125. The van der Waals surface area contributed by atoms with Gasteiger partial charge in [0.15, 0.2) is 17.5 Å². The lowest BCUT2D eigenvalue weighted by Gasteiger charge is -2.08. The maximum Gasteiger partial charge on any atom is 0.228 e. The smallest absolute Gasteiger partial charge is 0.228 e. The van der Waals surface area contributed by atoms with Gasteiger partial charge in [-0.3, -0.25) is 9.59 Å². The van der Waals surface area contributed by atoms with Gasteiger partial charge >= 0.3 is 0 Å². The van der Waals surface area contributed by atoms with Gasteiger partial charge in [0.1, 0.15) is 0 Å². The van der Waals surface area contributed by atoms with E-state index in [-0.39, 0.29) is 12.3 Å². The molecule has 0 bridgehead atoms. The molecule has 2 aromatic rings. The Bertz CT molecular complexity index is 746. The Morgan fingerprint density at radius 3 is 2.17 bits per heavy atom. The Morgan fingerprint density at radius 2 is 1.57 bits per heavy atom. The predicted molar refractivity (Wildman–Crippen MR) is 79.4 cm³/mol. The first-order valence-electron chi connectivity index (χ1n) is 6.66. The van der Waals surface area contributed by atoms with Crippen LogP contribution >= 0.6 is 0 Å². The summed E-state index contributed by atoms with van der Waals surface area (Å²) in [4.78, 5) is 22.7. The van der Waals surface area contributed by atoms with Crippen LogP contribution in [0.5, 0.6) is 0 Å². The highest BCUT2D eigenvalue weighted by molar-refractivity contribution is 5.92. The van der Waals surface area contributed by atoms with Gasteiger partial charge < -0.3 is 10.6 Å². The molecule has 2 amide bonds.